The summed E-state index contributed by atoms with van der Waals surface area (Å²) in [5.41, 5.74) is 0. The van der Waals surface area contributed by atoms with Gasteiger partial charge in [-0.3, -0.25) is 0 Å². The van der Waals surface area contributed by atoms with Crippen molar-refractivity contribution in [2.45, 2.75) is 32.6 Å². The molecule has 0 aliphatic carbocycles. The van der Waals surface area contributed by atoms with Crippen LogP contribution in [-0.4, -0.2) is 6.61 Å². The van der Waals surface area contributed by atoms with Gasteiger partial charge < -0.3 is 0 Å². The van der Waals surface area contributed by atoms with Crippen molar-refractivity contribution in [3.05, 3.63) is 12.2 Å². The highest BCUT2D eigenvalue weighted by molar-refractivity contribution is 4.79. The molecule has 1 nitrogen and oxygen atoms in total. The summed E-state index contributed by atoms with van der Waals surface area (Å²) < 4.78 is 0. The van der Waals surface area contributed by atoms with Gasteiger partial charge in [0, 0.05) is 0 Å². The lowest BCUT2D eigenvalue weighted by molar-refractivity contribution is 0.187. The Morgan fingerprint density at radius 2 is 2.00 bits per heavy atom. The molecule has 53 valence electrons. The second kappa shape index (κ2) is 7.70. The highest BCUT2D eigenvalue weighted by Gasteiger charge is 1.81. The van der Waals surface area contributed by atoms with Gasteiger partial charge in [-0.05, 0) is 25.7 Å². The Kier molecular flexibility index (Phi) is 7.44. The van der Waals surface area contributed by atoms with E-state index in [0.717, 1.165) is 25.7 Å². The van der Waals surface area contributed by atoms with Crippen molar-refractivity contribution in [3.8, 4) is 0 Å². The summed E-state index contributed by atoms with van der Waals surface area (Å²) in [6.45, 7) is 2.20. The molecule has 0 saturated carbocycles. The maximum atomic E-state index is 9.94. The molecule has 0 bridgehead atoms. The predicted octanol–water partition coefficient (Wildman–Crippen LogP) is 2.55. The van der Waals surface area contributed by atoms with Gasteiger partial charge in [0.1, 0.15) is 0 Å². The molecule has 0 atom stereocenters. The van der Waals surface area contributed by atoms with Gasteiger partial charge in [0.25, 0.3) is 0 Å². The molecule has 0 aromatic heterocycles. The van der Waals surface area contributed by atoms with Gasteiger partial charge in [0.15, 0.2) is 0 Å². The molecule has 0 aliphatic heterocycles. The lowest BCUT2D eigenvalue weighted by atomic mass is 10.2. The molecule has 0 rings (SSSR count). The summed E-state index contributed by atoms with van der Waals surface area (Å²) in [5, 5.41) is 9.94. The fourth-order valence-corrected chi connectivity index (χ4v) is 0.649. The van der Waals surface area contributed by atoms with E-state index in [4.69, 9.17) is 0 Å². The molecule has 0 spiro atoms. The van der Waals surface area contributed by atoms with Crippen LogP contribution < -0.4 is 0 Å². The van der Waals surface area contributed by atoms with E-state index in [1.807, 2.05) is 0 Å². The normalized spacial score (nSPS) is 10.9. The van der Waals surface area contributed by atoms with Gasteiger partial charge in [-0.2, -0.15) is 0 Å². The quantitative estimate of drug-likeness (QED) is 0.399. The molecule has 0 aliphatic rings. The number of hydrogen-bond donors (Lipinski definition) is 0. The first-order valence-corrected chi connectivity index (χ1v) is 3.65. The SMILES string of the molecule is CC/C=C/CCCC[O]. The fraction of sp³-hybridized carbons (Fsp3) is 0.750. The number of hydrogen-bond acceptors (Lipinski definition) is 0. The maximum Gasteiger partial charge on any atom is 0.0822 e. The van der Waals surface area contributed by atoms with Crippen LogP contribution in [0.25, 0.3) is 0 Å². The van der Waals surface area contributed by atoms with E-state index < -0.39 is 0 Å². The Morgan fingerprint density at radius 3 is 2.56 bits per heavy atom. The van der Waals surface area contributed by atoms with Crippen molar-refractivity contribution in [1.82, 2.24) is 0 Å². The van der Waals surface area contributed by atoms with Crippen molar-refractivity contribution in [2.75, 3.05) is 6.61 Å². The first-order valence-electron chi connectivity index (χ1n) is 3.65. The summed E-state index contributed by atoms with van der Waals surface area (Å²) in [6, 6.07) is 0. The second-order valence-corrected chi connectivity index (χ2v) is 2.08. The van der Waals surface area contributed by atoms with Crippen LogP contribution in [0.15, 0.2) is 12.2 Å². The third kappa shape index (κ3) is 7.70. The van der Waals surface area contributed by atoms with E-state index in [9.17, 15) is 5.11 Å². The Morgan fingerprint density at radius 1 is 1.22 bits per heavy atom. The molecule has 0 fully saturated rings. The third-order valence-electron chi connectivity index (χ3n) is 1.17. The third-order valence-corrected chi connectivity index (χ3v) is 1.17. The zero-order chi connectivity index (χ0) is 6.95. The first kappa shape index (κ1) is 8.70. The lowest BCUT2D eigenvalue weighted by Crippen LogP contribution is -1.77. The van der Waals surface area contributed by atoms with Crippen LogP contribution in [-0.2, 0) is 5.11 Å². The van der Waals surface area contributed by atoms with Gasteiger partial charge in [0.05, 0.1) is 6.61 Å². The summed E-state index contributed by atoms with van der Waals surface area (Å²) in [6.07, 6.45) is 8.36. The van der Waals surface area contributed by atoms with E-state index in [-0.39, 0.29) is 6.61 Å². The molecule has 0 aromatic carbocycles. The fourth-order valence-electron chi connectivity index (χ4n) is 0.649. The predicted molar refractivity (Wildman–Crippen MR) is 38.8 cm³/mol. The Labute approximate surface area is 57.4 Å². The summed E-state index contributed by atoms with van der Waals surface area (Å²) >= 11 is 0. The highest BCUT2D eigenvalue weighted by atomic mass is 16.2. The van der Waals surface area contributed by atoms with Crippen LogP contribution in [0.5, 0.6) is 0 Å². The molecular formula is C8H15O. The zero-order valence-electron chi connectivity index (χ0n) is 6.10. The van der Waals surface area contributed by atoms with Gasteiger partial charge in [-0.25, -0.2) is 5.11 Å². The van der Waals surface area contributed by atoms with Crippen molar-refractivity contribution >= 4 is 0 Å². The number of allylic oxidation sites excluding steroid dienone is 2. The molecular weight excluding hydrogens is 112 g/mol. The molecule has 0 aromatic rings. The van der Waals surface area contributed by atoms with Crippen LogP contribution >= 0.6 is 0 Å². The minimum Gasteiger partial charge on any atom is -0.237 e. The van der Waals surface area contributed by atoms with E-state index in [1.54, 1.807) is 0 Å². The van der Waals surface area contributed by atoms with Crippen molar-refractivity contribution in [1.29, 1.82) is 0 Å². The molecule has 9 heavy (non-hydrogen) atoms. The Balaban J connectivity index is 2.82. The smallest absolute Gasteiger partial charge is 0.0822 e. The van der Waals surface area contributed by atoms with E-state index >= 15 is 0 Å². The van der Waals surface area contributed by atoms with Crippen LogP contribution in [0.4, 0.5) is 0 Å². The van der Waals surface area contributed by atoms with Gasteiger partial charge >= 0.3 is 0 Å². The topological polar surface area (TPSA) is 19.9 Å². The zero-order valence-corrected chi connectivity index (χ0v) is 6.10. The number of rotatable bonds is 5. The van der Waals surface area contributed by atoms with Crippen molar-refractivity contribution in [2.24, 2.45) is 0 Å². The first-order chi connectivity index (χ1) is 4.41. The summed E-state index contributed by atoms with van der Waals surface area (Å²) in [4.78, 5) is 0. The van der Waals surface area contributed by atoms with Gasteiger partial charge in [-0.15, -0.1) is 0 Å². The van der Waals surface area contributed by atoms with E-state index in [1.165, 1.54) is 0 Å². The Hall–Kier alpha value is -0.300. The van der Waals surface area contributed by atoms with Crippen LogP contribution in [0.3, 0.4) is 0 Å². The van der Waals surface area contributed by atoms with Gasteiger partial charge in [-0.1, -0.05) is 19.1 Å². The molecule has 0 saturated heterocycles. The highest BCUT2D eigenvalue weighted by Crippen LogP contribution is 1.95. The monoisotopic (exact) mass is 127 g/mol. The molecule has 1 radical (unpaired) electrons. The van der Waals surface area contributed by atoms with Crippen LogP contribution in [0, 0.1) is 0 Å². The second-order valence-electron chi connectivity index (χ2n) is 2.08. The Bertz CT molecular complexity index is 67.0. The largest absolute Gasteiger partial charge is 0.237 e. The van der Waals surface area contributed by atoms with E-state index in [0.29, 0.717) is 0 Å². The lowest BCUT2D eigenvalue weighted by Gasteiger charge is -1.88. The summed E-state index contributed by atoms with van der Waals surface area (Å²) in [5.74, 6) is 0. The van der Waals surface area contributed by atoms with Crippen molar-refractivity contribution < 1.29 is 5.11 Å². The average molecular weight is 127 g/mol. The molecule has 0 amide bonds. The minimum absolute atomic E-state index is 0.0833. The summed E-state index contributed by atoms with van der Waals surface area (Å²) in [7, 11) is 0. The van der Waals surface area contributed by atoms with E-state index in [2.05, 4.69) is 19.1 Å². The molecule has 0 unspecified atom stereocenters. The average Bonchev–Trinajstić information content (AvgIpc) is 1.89. The molecule has 0 N–H and O–H groups in total. The van der Waals surface area contributed by atoms with Crippen LogP contribution in [0.1, 0.15) is 32.6 Å². The van der Waals surface area contributed by atoms with Gasteiger partial charge in [0.2, 0.25) is 0 Å². The standard InChI is InChI=1S/C8H15O/c1-2-3-4-5-6-7-8-9/h3-4H,2,5-8H2,1H3/b4-3+. The molecule has 1 heteroatoms. The molecule has 0 heterocycles. The van der Waals surface area contributed by atoms with Crippen molar-refractivity contribution in [3.63, 3.8) is 0 Å². The minimum atomic E-state index is 0.0833. The van der Waals surface area contributed by atoms with Crippen LogP contribution in [0.2, 0.25) is 0 Å². The number of unbranched alkanes of at least 4 members (excludes halogenated alkanes) is 2. The maximum absolute atomic E-state index is 9.94.